The minimum Gasteiger partial charge on any atom is -0.508 e. The number of hydrogen-bond acceptors (Lipinski definition) is 3. The standard InChI is InChI=1S/C13H10O3/c1-7-4-10-9-6-8(14)2-3-12(9)16-13(10)11(15)5-7/h2-6,14-15H,1H3. The van der Waals surface area contributed by atoms with Gasteiger partial charge in [-0.2, -0.15) is 0 Å². The first-order chi connectivity index (χ1) is 7.65. The predicted octanol–water partition coefficient (Wildman–Crippen LogP) is 3.31. The highest BCUT2D eigenvalue weighted by Crippen LogP contribution is 2.36. The van der Waals surface area contributed by atoms with Crippen molar-refractivity contribution in [2.24, 2.45) is 0 Å². The first kappa shape index (κ1) is 9.09. The first-order valence-electron chi connectivity index (χ1n) is 5.00. The summed E-state index contributed by atoms with van der Waals surface area (Å²) >= 11 is 0. The fourth-order valence-electron chi connectivity index (χ4n) is 1.99. The molecule has 0 spiro atoms. The maximum atomic E-state index is 9.77. The second-order valence-electron chi connectivity index (χ2n) is 3.94. The quantitative estimate of drug-likeness (QED) is 0.603. The number of furan rings is 1. The Bertz CT molecular complexity index is 695. The van der Waals surface area contributed by atoms with Crippen LogP contribution in [0.4, 0.5) is 0 Å². The zero-order valence-electron chi connectivity index (χ0n) is 8.69. The van der Waals surface area contributed by atoms with E-state index in [2.05, 4.69) is 0 Å². The Kier molecular flexibility index (Phi) is 1.66. The van der Waals surface area contributed by atoms with Crippen molar-refractivity contribution >= 4 is 21.9 Å². The topological polar surface area (TPSA) is 53.6 Å². The molecule has 16 heavy (non-hydrogen) atoms. The van der Waals surface area contributed by atoms with Gasteiger partial charge in [-0.05, 0) is 42.8 Å². The lowest BCUT2D eigenvalue weighted by Gasteiger charge is -1.96. The molecular weight excluding hydrogens is 204 g/mol. The van der Waals surface area contributed by atoms with E-state index >= 15 is 0 Å². The van der Waals surface area contributed by atoms with Crippen molar-refractivity contribution in [3.63, 3.8) is 0 Å². The van der Waals surface area contributed by atoms with Crippen LogP contribution in [0.15, 0.2) is 34.7 Å². The van der Waals surface area contributed by atoms with E-state index in [-0.39, 0.29) is 11.5 Å². The van der Waals surface area contributed by atoms with Crippen molar-refractivity contribution in [2.75, 3.05) is 0 Å². The molecule has 3 aromatic rings. The van der Waals surface area contributed by atoms with Gasteiger partial charge in [0.05, 0.1) is 0 Å². The van der Waals surface area contributed by atoms with Crippen LogP contribution < -0.4 is 0 Å². The Balaban J connectivity index is 2.57. The van der Waals surface area contributed by atoms with Gasteiger partial charge in [-0.1, -0.05) is 0 Å². The lowest BCUT2D eigenvalue weighted by Crippen LogP contribution is -1.73. The molecule has 0 saturated carbocycles. The average Bonchev–Trinajstić information content (AvgIpc) is 2.57. The fraction of sp³-hybridized carbons (Fsp3) is 0.0769. The maximum absolute atomic E-state index is 9.77. The normalized spacial score (nSPS) is 11.3. The van der Waals surface area contributed by atoms with Gasteiger partial charge in [0.1, 0.15) is 11.3 Å². The third-order valence-electron chi connectivity index (χ3n) is 2.68. The van der Waals surface area contributed by atoms with Gasteiger partial charge in [0.15, 0.2) is 11.3 Å². The molecule has 0 atom stereocenters. The smallest absolute Gasteiger partial charge is 0.177 e. The number of rotatable bonds is 0. The first-order valence-corrected chi connectivity index (χ1v) is 5.00. The fourth-order valence-corrected chi connectivity index (χ4v) is 1.99. The number of aromatic hydroxyl groups is 2. The molecule has 1 heterocycles. The molecule has 3 heteroatoms. The Morgan fingerprint density at radius 3 is 2.62 bits per heavy atom. The van der Waals surface area contributed by atoms with Crippen LogP contribution in [0.3, 0.4) is 0 Å². The molecule has 2 N–H and O–H groups in total. The zero-order valence-corrected chi connectivity index (χ0v) is 8.69. The monoisotopic (exact) mass is 214 g/mol. The second-order valence-corrected chi connectivity index (χ2v) is 3.94. The van der Waals surface area contributed by atoms with Crippen LogP contribution in [0.1, 0.15) is 5.56 Å². The summed E-state index contributed by atoms with van der Waals surface area (Å²) in [6.07, 6.45) is 0. The summed E-state index contributed by atoms with van der Waals surface area (Å²) < 4.78 is 5.53. The molecule has 0 aliphatic carbocycles. The number of hydrogen-bond donors (Lipinski definition) is 2. The molecule has 0 bridgehead atoms. The van der Waals surface area contributed by atoms with Crippen LogP contribution in [0, 0.1) is 6.92 Å². The van der Waals surface area contributed by atoms with E-state index in [0.717, 1.165) is 16.3 Å². The van der Waals surface area contributed by atoms with Gasteiger partial charge in [0, 0.05) is 10.8 Å². The highest BCUT2D eigenvalue weighted by molar-refractivity contribution is 6.07. The van der Waals surface area contributed by atoms with Crippen molar-refractivity contribution in [2.45, 2.75) is 6.92 Å². The van der Waals surface area contributed by atoms with Crippen molar-refractivity contribution in [1.82, 2.24) is 0 Å². The zero-order chi connectivity index (χ0) is 11.3. The van der Waals surface area contributed by atoms with Crippen molar-refractivity contribution in [3.8, 4) is 11.5 Å². The van der Waals surface area contributed by atoms with Crippen LogP contribution in [0.5, 0.6) is 11.5 Å². The van der Waals surface area contributed by atoms with Gasteiger partial charge in [-0.15, -0.1) is 0 Å². The van der Waals surface area contributed by atoms with E-state index in [1.165, 1.54) is 0 Å². The number of fused-ring (bicyclic) bond motifs is 3. The van der Waals surface area contributed by atoms with E-state index in [9.17, 15) is 10.2 Å². The minimum absolute atomic E-state index is 0.130. The van der Waals surface area contributed by atoms with Crippen LogP contribution in [-0.2, 0) is 0 Å². The van der Waals surface area contributed by atoms with Crippen LogP contribution in [0.25, 0.3) is 21.9 Å². The lowest BCUT2D eigenvalue weighted by molar-refractivity contribution is 0.468. The Morgan fingerprint density at radius 1 is 1.00 bits per heavy atom. The Labute approximate surface area is 91.5 Å². The van der Waals surface area contributed by atoms with Crippen molar-refractivity contribution < 1.29 is 14.6 Å². The van der Waals surface area contributed by atoms with E-state index < -0.39 is 0 Å². The summed E-state index contributed by atoms with van der Waals surface area (Å²) in [4.78, 5) is 0. The van der Waals surface area contributed by atoms with E-state index in [0.29, 0.717) is 11.2 Å². The largest absolute Gasteiger partial charge is 0.508 e. The maximum Gasteiger partial charge on any atom is 0.177 e. The van der Waals surface area contributed by atoms with E-state index in [4.69, 9.17) is 4.42 Å². The number of aryl methyl sites for hydroxylation is 1. The molecule has 3 rings (SSSR count). The summed E-state index contributed by atoms with van der Waals surface area (Å²) in [5.41, 5.74) is 2.08. The molecule has 1 aromatic heterocycles. The summed E-state index contributed by atoms with van der Waals surface area (Å²) in [5.74, 6) is 0.321. The molecule has 0 saturated heterocycles. The highest BCUT2D eigenvalue weighted by atomic mass is 16.4. The van der Waals surface area contributed by atoms with Crippen LogP contribution in [-0.4, -0.2) is 10.2 Å². The molecule has 2 aromatic carbocycles. The van der Waals surface area contributed by atoms with Gasteiger partial charge in [0.25, 0.3) is 0 Å². The lowest BCUT2D eigenvalue weighted by atomic mass is 10.1. The number of phenolic OH excluding ortho intramolecular Hbond substituents is 2. The van der Waals surface area contributed by atoms with Crippen LogP contribution >= 0.6 is 0 Å². The predicted molar refractivity (Wildman–Crippen MR) is 61.8 cm³/mol. The van der Waals surface area contributed by atoms with Gasteiger partial charge in [0.2, 0.25) is 0 Å². The Morgan fingerprint density at radius 2 is 1.81 bits per heavy atom. The molecule has 0 unspecified atom stereocenters. The third-order valence-corrected chi connectivity index (χ3v) is 2.68. The minimum atomic E-state index is 0.130. The van der Waals surface area contributed by atoms with Gasteiger partial charge >= 0.3 is 0 Å². The third kappa shape index (κ3) is 1.15. The summed E-state index contributed by atoms with van der Waals surface area (Å²) in [5, 5.41) is 20.8. The molecule has 0 amide bonds. The highest BCUT2D eigenvalue weighted by Gasteiger charge is 2.11. The molecular formula is C13H10O3. The van der Waals surface area contributed by atoms with Gasteiger partial charge in [-0.25, -0.2) is 0 Å². The van der Waals surface area contributed by atoms with Gasteiger partial charge < -0.3 is 14.6 Å². The second kappa shape index (κ2) is 2.92. The molecule has 0 fully saturated rings. The van der Waals surface area contributed by atoms with Crippen molar-refractivity contribution in [3.05, 3.63) is 35.9 Å². The van der Waals surface area contributed by atoms with E-state index in [1.807, 2.05) is 13.0 Å². The molecule has 80 valence electrons. The molecule has 3 nitrogen and oxygen atoms in total. The molecule has 0 aliphatic heterocycles. The van der Waals surface area contributed by atoms with Crippen molar-refractivity contribution in [1.29, 1.82) is 0 Å². The molecule has 0 aliphatic rings. The van der Waals surface area contributed by atoms with E-state index in [1.54, 1.807) is 24.3 Å². The summed E-state index contributed by atoms with van der Waals surface area (Å²) in [6.45, 7) is 1.90. The number of benzene rings is 2. The average molecular weight is 214 g/mol. The summed E-state index contributed by atoms with van der Waals surface area (Å²) in [6, 6.07) is 8.49. The van der Waals surface area contributed by atoms with Gasteiger partial charge in [-0.3, -0.25) is 0 Å². The SMILES string of the molecule is Cc1cc(O)c2oc3ccc(O)cc3c2c1. The summed E-state index contributed by atoms with van der Waals surface area (Å²) in [7, 11) is 0. The molecule has 0 radical (unpaired) electrons. The number of phenols is 2. The Hall–Kier alpha value is -2.16. The van der Waals surface area contributed by atoms with Crippen LogP contribution in [0.2, 0.25) is 0 Å².